The fraction of sp³-hybridized carbons (Fsp3) is 0.167. The van der Waals surface area contributed by atoms with Crippen LogP contribution >= 0.6 is 0 Å². The summed E-state index contributed by atoms with van der Waals surface area (Å²) in [7, 11) is 0. The third-order valence-corrected chi connectivity index (χ3v) is 1.51. The highest BCUT2D eigenvalue weighted by atomic mass is 16.8. The Balaban J connectivity index is 3.34. The van der Waals surface area contributed by atoms with E-state index in [-0.39, 0.29) is 6.54 Å². The molecule has 0 aliphatic rings. The first-order valence-electron chi connectivity index (χ1n) is 3.57. The number of rotatable bonds is 3. The van der Waals surface area contributed by atoms with Gasteiger partial charge in [-0.05, 0) is 0 Å². The Kier molecular flexibility index (Phi) is 2.92. The van der Waals surface area contributed by atoms with Crippen molar-refractivity contribution in [2.24, 2.45) is 0 Å². The lowest BCUT2D eigenvalue weighted by Gasteiger charge is -2.10. The second kappa shape index (κ2) is 3.96. The van der Waals surface area contributed by atoms with Crippen molar-refractivity contribution in [2.75, 3.05) is 0 Å². The summed E-state index contributed by atoms with van der Waals surface area (Å²) in [6.07, 6.45) is 1.25. The van der Waals surface area contributed by atoms with E-state index >= 15 is 0 Å². The molecule has 1 aromatic heterocycles. The van der Waals surface area contributed by atoms with E-state index in [1.807, 2.05) is 0 Å². The highest BCUT2D eigenvalue weighted by molar-refractivity contribution is 5.49. The maximum absolute atomic E-state index is 11.0. The van der Waals surface area contributed by atoms with Crippen molar-refractivity contribution in [3.63, 3.8) is 0 Å². The molecule has 0 aromatic carbocycles. The van der Waals surface area contributed by atoms with Crippen molar-refractivity contribution in [1.29, 1.82) is 0 Å². The van der Waals surface area contributed by atoms with Crippen LogP contribution in [0.4, 0.5) is 5.69 Å². The van der Waals surface area contributed by atoms with Crippen molar-refractivity contribution in [2.45, 2.75) is 6.54 Å². The lowest BCUT2D eigenvalue weighted by Crippen LogP contribution is -3.00. The summed E-state index contributed by atoms with van der Waals surface area (Å²) in [6.45, 7) is -0.296. The highest BCUT2D eigenvalue weighted by Gasteiger charge is 2.09. The number of carbonyl (C=O) groups is 1. The Labute approximate surface area is 76.6 Å². The van der Waals surface area contributed by atoms with Crippen LogP contribution in [0.3, 0.4) is 0 Å². The molecule has 1 heterocycles. The molecule has 0 aliphatic heterocycles. The van der Waals surface area contributed by atoms with Gasteiger partial charge in [-0.3, -0.25) is 14.3 Å². The minimum Gasteiger partial charge on any atom is -0.595 e. The lowest BCUT2D eigenvalue weighted by atomic mass is 10.5. The zero-order valence-electron chi connectivity index (χ0n) is 6.89. The Bertz CT molecular complexity index is 446. The summed E-state index contributed by atoms with van der Waals surface area (Å²) in [5, 5.41) is 17.5. The predicted molar refractivity (Wildman–Crippen MR) is 43.2 cm³/mol. The number of aromatic amines is 1. The number of quaternary nitrogens is 1. The van der Waals surface area contributed by atoms with Gasteiger partial charge in [0.1, 0.15) is 6.29 Å². The fourth-order valence-electron chi connectivity index (χ4n) is 0.878. The number of hydrogen-bond donors (Lipinski definition) is 3. The van der Waals surface area contributed by atoms with E-state index in [4.69, 9.17) is 5.21 Å². The van der Waals surface area contributed by atoms with E-state index in [1.54, 1.807) is 4.98 Å². The third-order valence-electron chi connectivity index (χ3n) is 1.51. The molecule has 8 heteroatoms. The molecule has 1 atom stereocenters. The van der Waals surface area contributed by atoms with Crippen molar-refractivity contribution in [1.82, 2.24) is 9.55 Å². The standard InChI is InChI=1S/C6H7N3O5/c10-2-1-8-3-4(9(13)14)5(11)7-6(8)12/h2-3,9,13H,1H2,(H,7,11,12). The van der Waals surface area contributed by atoms with Crippen molar-refractivity contribution in [3.05, 3.63) is 32.2 Å². The molecule has 0 spiro atoms. The van der Waals surface area contributed by atoms with Gasteiger partial charge in [0.25, 0.3) is 0 Å². The van der Waals surface area contributed by atoms with Gasteiger partial charge in [-0.2, -0.15) is 5.23 Å². The van der Waals surface area contributed by atoms with E-state index in [9.17, 15) is 19.6 Å². The van der Waals surface area contributed by atoms with Gasteiger partial charge >= 0.3 is 11.2 Å². The van der Waals surface area contributed by atoms with Gasteiger partial charge in [0, 0.05) is 0 Å². The van der Waals surface area contributed by atoms with Crippen LogP contribution in [0.2, 0.25) is 0 Å². The molecule has 3 N–H and O–H groups in total. The van der Waals surface area contributed by atoms with Crippen LogP contribution in [0.1, 0.15) is 0 Å². The van der Waals surface area contributed by atoms with Crippen LogP contribution in [0.15, 0.2) is 15.8 Å². The first kappa shape index (κ1) is 10.3. The smallest absolute Gasteiger partial charge is 0.329 e. The number of aldehydes is 1. The fourth-order valence-corrected chi connectivity index (χ4v) is 0.878. The summed E-state index contributed by atoms with van der Waals surface area (Å²) >= 11 is 0. The van der Waals surface area contributed by atoms with Gasteiger partial charge < -0.3 is 10.0 Å². The SMILES string of the molecule is O=CCn1cc([NH+]([O-])O)c(=O)[nH]c1=O. The topological polar surface area (TPSA) is 120 Å². The molecular weight excluding hydrogens is 194 g/mol. The quantitative estimate of drug-likeness (QED) is 0.359. The van der Waals surface area contributed by atoms with Crippen LogP contribution in [0.5, 0.6) is 0 Å². The molecule has 1 aromatic rings. The number of carbonyl (C=O) groups excluding carboxylic acids is 1. The maximum Gasteiger partial charge on any atom is 0.329 e. The van der Waals surface area contributed by atoms with E-state index in [0.29, 0.717) is 6.29 Å². The summed E-state index contributed by atoms with van der Waals surface area (Å²) in [5.41, 5.74) is -2.37. The summed E-state index contributed by atoms with van der Waals surface area (Å²) < 4.78 is 0.803. The highest BCUT2D eigenvalue weighted by Crippen LogP contribution is 1.85. The summed E-state index contributed by atoms with van der Waals surface area (Å²) in [4.78, 5) is 33.7. The average molecular weight is 201 g/mol. The van der Waals surface area contributed by atoms with Gasteiger partial charge in [0.15, 0.2) is 0 Å². The predicted octanol–water partition coefficient (Wildman–Crippen LogP) is -2.86. The monoisotopic (exact) mass is 201 g/mol. The molecule has 0 radical (unpaired) electrons. The van der Waals surface area contributed by atoms with Gasteiger partial charge in [0.2, 0.25) is 5.69 Å². The molecule has 14 heavy (non-hydrogen) atoms. The van der Waals surface area contributed by atoms with Crippen LogP contribution < -0.4 is 16.5 Å². The number of nitrogens with one attached hydrogen (secondary N) is 2. The van der Waals surface area contributed by atoms with Crippen LogP contribution in [0, 0.1) is 5.21 Å². The number of H-pyrrole nitrogens is 1. The minimum absolute atomic E-state index is 0.296. The molecule has 8 nitrogen and oxygen atoms in total. The largest absolute Gasteiger partial charge is 0.595 e. The first-order valence-corrected chi connectivity index (χ1v) is 3.57. The normalized spacial score (nSPS) is 12.4. The van der Waals surface area contributed by atoms with E-state index in [1.165, 1.54) is 0 Å². The van der Waals surface area contributed by atoms with Crippen LogP contribution in [-0.4, -0.2) is 21.0 Å². The maximum atomic E-state index is 11.0. The molecule has 0 fully saturated rings. The number of nitrogens with zero attached hydrogens (tertiary/aromatic N) is 1. The Morgan fingerprint density at radius 2 is 2.29 bits per heavy atom. The molecule has 0 saturated heterocycles. The first-order chi connectivity index (χ1) is 6.56. The van der Waals surface area contributed by atoms with Crippen LogP contribution in [-0.2, 0) is 11.3 Å². The summed E-state index contributed by atoms with van der Waals surface area (Å²) in [6, 6.07) is 0. The second-order valence-electron chi connectivity index (χ2n) is 2.43. The van der Waals surface area contributed by atoms with Gasteiger partial charge in [-0.15, -0.1) is 0 Å². The minimum atomic E-state index is -1.45. The second-order valence-corrected chi connectivity index (χ2v) is 2.43. The zero-order chi connectivity index (χ0) is 10.7. The lowest BCUT2D eigenvalue weighted by molar-refractivity contribution is -0.992. The van der Waals surface area contributed by atoms with Gasteiger partial charge in [-0.1, -0.05) is 0 Å². The number of aromatic nitrogens is 2. The van der Waals surface area contributed by atoms with Crippen molar-refractivity contribution >= 4 is 12.0 Å². The van der Waals surface area contributed by atoms with Crippen LogP contribution in [0.25, 0.3) is 0 Å². The molecule has 0 bridgehead atoms. The Hall–Kier alpha value is -1.77. The molecule has 0 saturated carbocycles. The average Bonchev–Trinajstić information content (AvgIpc) is 2.09. The molecule has 0 amide bonds. The van der Waals surface area contributed by atoms with Gasteiger partial charge in [0.05, 0.1) is 12.7 Å². The molecular formula is C6H7N3O5. The molecule has 1 unspecified atom stereocenters. The van der Waals surface area contributed by atoms with E-state index in [2.05, 4.69) is 0 Å². The number of hydrogen-bond acceptors (Lipinski definition) is 5. The van der Waals surface area contributed by atoms with Gasteiger partial charge in [-0.25, -0.2) is 10.0 Å². The molecule has 76 valence electrons. The van der Waals surface area contributed by atoms with E-state index < -0.39 is 22.2 Å². The Morgan fingerprint density at radius 1 is 1.64 bits per heavy atom. The Morgan fingerprint density at radius 3 is 2.79 bits per heavy atom. The molecule has 0 aliphatic carbocycles. The molecule has 1 rings (SSSR count). The third kappa shape index (κ3) is 1.93. The van der Waals surface area contributed by atoms with Crippen molar-refractivity contribution < 1.29 is 15.2 Å². The van der Waals surface area contributed by atoms with Crippen molar-refractivity contribution in [3.8, 4) is 0 Å². The zero-order valence-corrected chi connectivity index (χ0v) is 6.89. The van der Waals surface area contributed by atoms with E-state index in [0.717, 1.165) is 10.8 Å². The summed E-state index contributed by atoms with van der Waals surface area (Å²) in [5.74, 6) is 0.